The third-order valence-corrected chi connectivity index (χ3v) is 2.85. The Morgan fingerprint density at radius 2 is 2.06 bits per heavy atom. The highest BCUT2D eigenvalue weighted by Gasteiger charge is 2.23. The average molecular weight is 234 g/mol. The summed E-state index contributed by atoms with van der Waals surface area (Å²) in [5.74, 6) is 1.45. The van der Waals surface area contributed by atoms with E-state index in [4.69, 9.17) is 9.47 Å². The van der Waals surface area contributed by atoms with Gasteiger partial charge < -0.3 is 14.6 Å². The average Bonchev–Trinajstić information content (AvgIpc) is 2.25. The molecule has 0 spiro atoms. The summed E-state index contributed by atoms with van der Waals surface area (Å²) in [5.41, 5.74) is 1.45. The van der Waals surface area contributed by atoms with Gasteiger partial charge in [0.25, 0.3) is 0 Å². The van der Waals surface area contributed by atoms with Crippen LogP contribution < -0.4 is 9.47 Å². The summed E-state index contributed by atoms with van der Waals surface area (Å²) >= 11 is 0. The van der Waals surface area contributed by atoms with Gasteiger partial charge in [0.05, 0.1) is 13.2 Å². The molecule has 1 heterocycles. The zero-order valence-corrected chi connectivity index (χ0v) is 10.7. The van der Waals surface area contributed by atoms with Crippen molar-refractivity contribution < 1.29 is 14.6 Å². The molecule has 1 N–H and O–H groups in total. The Kier molecular flexibility index (Phi) is 2.87. The second kappa shape index (κ2) is 4.08. The number of rotatable bonds is 2. The maximum absolute atomic E-state index is 9.69. The van der Waals surface area contributed by atoms with Crippen molar-refractivity contribution in [2.75, 3.05) is 7.11 Å². The summed E-state index contributed by atoms with van der Waals surface area (Å²) in [6.45, 7) is 5.73. The summed E-state index contributed by atoms with van der Waals surface area (Å²) in [7, 11) is 1.59. The lowest BCUT2D eigenvalue weighted by Crippen LogP contribution is -2.27. The molecule has 0 radical (unpaired) electrons. The lowest BCUT2D eigenvalue weighted by molar-refractivity contribution is 0.157. The zero-order valence-electron chi connectivity index (χ0n) is 10.7. The number of hydrogen-bond donors (Lipinski definition) is 1. The van der Waals surface area contributed by atoms with Crippen molar-refractivity contribution in [2.45, 2.75) is 32.5 Å². The number of aliphatic hydroxyl groups excluding tert-OH is 1. The first-order chi connectivity index (χ1) is 7.93. The van der Waals surface area contributed by atoms with E-state index in [0.29, 0.717) is 5.75 Å². The molecule has 0 aromatic heterocycles. The van der Waals surface area contributed by atoms with Crippen LogP contribution in [0.25, 0.3) is 6.08 Å². The Morgan fingerprint density at radius 1 is 1.35 bits per heavy atom. The lowest BCUT2D eigenvalue weighted by atomic mass is 9.99. The first-order valence-electron chi connectivity index (χ1n) is 5.71. The van der Waals surface area contributed by atoms with Crippen LogP contribution in [-0.4, -0.2) is 17.8 Å². The van der Waals surface area contributed by atoms with Crippen LogP contribution in [0.5, 0.6) is 11.5 Å². The largest absolute Gasteiger partial charge is 0.496 e. The minimum atomic E-state index is -0.557. The Labute approximate surface area is 102 Å². The Bertz CT molecular complexity index is 459. The van der Waals surface area contributed by atoms with Crippen LogP contribution in [0.4, 0.5) is 0 Å². The zero-order chi connectivity index (χ0) is 12.6. The number of aliphatic hydroxyl groups is 1. The number of hydrogen-bond acceptors (Lipinski definition) is 3. The van der Waals surface area contributed by atoms with Crippen LogP contribution in [0.15, 0.2) is 18.2 Å². The summed E-state index contributed by atoms with van der Waals surface area (Å²) < 4.78 is 11.1. The molecule has 0 fully saturated rings. The molecule has 3 heteroatoms. The molecular weight excluding hydrogens is 216 g/mol. The summed E-state index contributed by atoms with van der Waals surface area (Å²) in [4.78, 5) is 0. The fourth-order valence-electron chi connectivity index (χ4n) is 1.93. The molecule has 92 valence electrons. The molecule has 0 saturated carbocycles. The molecule has 1 aliphatic rings. The predicted molar refractivity (Wildman–Crippen MR) is 67.4 cm³/mol. The molecule has 1 atom stereocenters. The van der Waals surface area contributed by atoms with Gasteiger partial charge in [-0.15, -0.1) is 0 Å². The standard InChI is InChI=1S/C14H18O3/c1-9(15)11-7-10-5-6-14(2,3)17-12(10)8-13(11)16-4/h5-9,15H,1-4H3. The van der Waals surface area contributed by atoms with Crippen molar-refractivity contribution in [2.24, 2.45) is 0 Å². The van der Waals surface area contributed by atoms with Gasteiger partial charge in [-0.05, 0) is 32.9 Å². The van der Waals surface area contributed by atoms with Gasteiger partial charge in [0.15, 0.2) is 0 Å². The van der Waals surface area contributed by atoms with Crippen molar-refractivity contribution in [3.63, 3.8) is 0 Å². The second-order valence-corrected chi connectivity index (χ2v) is 4.85. The number of fused-ring (bicyclic) bond motifs is 1. The molecule has 17 heavy (non-hydrogen) atoms. The van der Waals surface area contributed by atoms with E-state index in [1.165, 1.54) is 0 Å². The molecule has 0 bridgehead atoms. The van der Waals surface area contributed by atoms with Gasteiger partial charge in [-0.25, -0.2) is 0 Å². The Hall–Kier alpha value is -1.48. The van der Waals surface area contributed by atoms with E-state index < -0.39 is 6.10 Å². The summed E-state index contributed by atoms with van der Waals surface area (Å²) in [6, 6.07) is 3.74. The summed E-state index contributed by atoms with van der Waals surface area (Å²) in [5, 5.41) is 9.69. The fraction of sp³-hybridized carbons (Fsp3) is 0.429. The minimum Gasteiger partial charge on any atom is -0.496 e. The van der Waals surface area contributed by atoms with Gasteiger partial charge in [0.2, 0.25) is 0 Å². The number of methoxy groups -OCH3 is 1. The normalized spacial score (nSPS) is 18.2. The monoisotopic (exact) mass is 234 g/mol. The van der Waals surface area contributed by atoms with Crippen LogP contribution >= 0.6 is 0 Å². The van der Waals surface area contributed by atoms with E-state index in [1.807, 2.05) is 38.1 Å². The second-order valence-electron chi connectivity index (χ2n) is 4.85. The van der Waals surface area contributed by atoms with Crippen molar-refractivity contribution in [1.82, 2.24) is 0 Å². The molecule has 1 aromatic rings. The van der Waals surface area contributed by atoms with Gasteiger partial charge in [-0.3, -0.25) is 0 Å². The highest BCUT2D eigenvalue weighted by Crippen LogP contribution is 2.37. The van der Waals surface area contributed by atoms with Crippen LogP contribution in [0.3, 0.4) is 0 Å². The van der Waals surface area contributed by atoms with E-state index in [2.05, 4.69) is 0 Å². The van der Waals surface area contributed by atoms with Gasteiger partial charge in [0, 0.05) is 17.2 Å². The lowest BCUT2D eigenvalue weighted by Gasteiger charge is -2.28. The van der Waals surface area contributed by atoms with Crippen LogP contribution in [0.1, 0.15) is 38.0 Å². The van der Waals surface area contributed by atoms with Crippen molar-refractivity contribution in [1.29, 1.82) is 0 Å². The van der Waals surface area contributed by atoms with Crippen molar-refractivity contribution >= 4 is 6.08 Å². The number of benzene rings is 1. The van der Waals surface area contributed by atoms with Gasteiger partial charge in [0.1, 0.15) is 17.1 Å². The molecule has 0 aliphatic carbocycles. The Balaban J connectivity index is 2.51. The van der Waals surface area contributed by atoms with Crippen LogP contribution in [-0.2, 0) is 0 Å². The molecular formula is C14H18O3. The topological polar surface area (TPSA) is 38.7 Å². The number of ether oxygens (including phenoxy) is 2. The Morgan fingerprint density at radius 3 is 2.65 bits per heavy atom. The van der Waals surface area contributed by atoms with E-state index in [0.717, 1.165) is 16.9 Å². The molecule has 1 aliphatic heterocycles. The molecule has 1 unspecified atom stereocenters. The quantitative estimate of drug-likeness (QED) is 0.855. The van der Waals surface area contributed by atoms with Crippen LogP contribution in [0, 0.1) is 0 Å². The highest BCUT2D eigenvalue weighted by molar-refractivity contribution is 5.64. The molecule has 3 nitrogen and oxygen atoms in total. The van der Waals surface area contributed by atoms with Gasteiger partial charge in [-0.1, -0.05) is 6.08 Å². The van der Waals surface area contributed by atoms with E-state index in [9.17, 15) is 5.11 Å². The first-order valence-corrected chi connectivity index (χ1v) is 5.71. The van der Waals surface area contributed by atoms with Gasteiger partial charge in [-0.2, -0.15) is 0 Å². The SMILES string of the molecule is COc1cc2c(cc1C(C)O)C=CC(C)(C)O2. The van der Waals surface area contributed by atoms with E-state index >= 15 is 0 Å². The van der Waals surface area contributed by atoms with E-state index in [1.54, 1.807) is 14.0 Å². The van der Waals surface area contributed by atoms with Gasteiger partial charge >= 0.3 is 0 Å². The predicted octanol–water partition coefficient (Wildman–Crippen LogP) is 2.93. The molecule has 0 amide bonds. The maximum atomic E-state index is 9.69. The fourth-order valence-corrected chi connectivity index (χ4v) is 1.93. The third kappa shape index (κ3) is 2.29. The molecule has 0 saturated heterocycles. The van der Waals surface area contributed by atoms with E-state index in [-0.39, 0.29) is 5.60 Å². The molecule has 2 rings (SSSR count). The maximum Gasteiger partial charge on any atom is 0.131 e. The summed E-state index contributed by atoms with van der Waals surface area (Å²) in [6.07, 6.45) is 3.47. The van der Waals surface area contributed by atoms with Crippen LogP contribution in [0.2, 0.25) is 0 Å². The van der Waals surface area contributed by atoms with Crippen molar-refractivity contribution in [3.05, 3.63) is 29.3 Å². The third-order valence-electron chi connectivity index (χ3n) is 2.85. The highest BCUT2D eigenvalue weighted by atomic mass is 16.5. The minimum absolute atomic E-state index is 0.301. The van der Waals surface area contributed by atoms with Crippen molar-refractivity contribution in [3.8, 4) is 11.5 Å². The molecule has 1 aromatic carbocycles. The first kappa shape index (κ1) is 12.0. The smallest absolute Gasteiger partial charge is 0.131 e.